The summed E-state index contributed by atoms with van der Waals surface area (Å²) in [6.45, 7) is 7.61. The van der Waals surface area contributed by atoms with Gasteiger partial charge >= 0.3 is 0 Å². The Kier molecular flexibility index (Phi) is 4.57. The number of hydrogen-bond acceptors (Lipinski definition) is 6. The summed E-state index contributed by atoms with van der Waals surface area (Å²) < 4.78 is 10.8. The van der Waals surface area contributed by atoms with E-state index in [1.165, 1.54) is 13.1 Å². The van der Waals surface area contributed by atoms with Gasteiger partial charge in [0, 0.05) is 64.1 Å². The van der Waals surface area contributed by atoms with Crippen LogP contribution < -0.4 is 14.8 Å². The zero-order valence-corrected chi connectivity index (χ0v) is 12.8. The van der Waals surface area contributed by atoms with Crippen molar-refractivity contribution in [3.05, 3.63) is 18.0 Å². The smallest absolute Gasteiger partial charge is 0.183 e. The van der Waals surface area contributed by atoms with E-state index in [2.05, 4.69) is 20.1 Å². The predicted molar refractivity (Wildman–Crippen MR) is 80.8 cm³/mol. The topological polar surface area (TPSA) is 49.9 Å². The van der Waals surface area contributed by atoms with Crippen molar-refractivity contribution in [3.63, 3.8) is 0 Å². The van der Waals surface area contributed by atoms with Crippen molar-refractivity contribution >= 4 is 0 Å². The van der Waals surface area contributed by atoms with Gasteiger partial charge in [-0.15, -0.1) is 0 Å². The van der Waals surface area contributed by atoms with Gasteiger partial charge in [0.15, 0.2) is 11.5 Å². The molecule has 1 aromatic heterocycles. The van der Waals surface area contributed by atoms with E-state index in [1.807, 2.05) is 6.07 Å². The van der Waals surface area contributed by atoms with E-state index in [4.69, 9.17) is 9.47 Å². The monoisotopic (exact) mass is 292 g/mol. The average Bonchev–Trinajstić information content (AvgIpc) is 2.50. The molecule has 3 rings (SSSR count). The maximum absolute atomic E-state index is 5.45. The van der Waals surface area contributed by atoms with Crippen LogP contribution in [0.2, 0.25) is 0 Å². The van der Waals surface area contributed by atoms with Crippen LogP contribution in [-0.2, 0) is 6.54 Å². The third-order valence-electron chi connectivity index (χ3n) is 4.35. The van der Waals surface area contributed by atoms with Crippen LogP contribution in [0.25, 0.3) is 0 Å². The number of piperazine rings is 1. The summed E-state index contributed by atoms with van der Waals surface area (Å²) in [5.74, 6) is 1.51. The molecule has 6 heteroatoms. The largest absolute Gasteiger partial charge is 0.493 e. The lowest BCUT2D eigenvalue weighted by Crippen LogP contribution is -2.62. The van der Waals surface area contributed by atoms with Crippen LogP contribution in [0, 0.1) is 0 Å². The fourth-order valence-electron chi connectivity index (χ4n) is 3.12. The lowest BCUT2D eigenvalue weighted by atomic mass is 10.1. The summed E-state index contributed by atoms with van der Waals surface area (Å²) in [5.41, 5.74) is 0.954. The number of rotatable bonds is 5. The van der Waals surface area contributed by atoms with E-state index in [9.17, 15) is 0 Å². The van der Waals surface area contributed by atoms with Crippen LogP contribution in [0.15, 0.2) is 12.3 Å². The standard InChI is InChI=1S/C15H24N4O2/c1-20-14-3-4-17-13(15(14)21-2)11-18-9-12(10-18)19-7-5-16-6-8-19/h3-4,12,16H,5-11H2,1-2H3. The van der Waals surface area contributed by atoms with Crippen molar-refractivity contribution in [2.75, 3.05) is 53.5 Å². The quantitative estimate of drug-likeness (QED) is 0.836. The fraction of sp³-hybridized carbons (Fsp3) is 0.667. The number of nitrogens with one attached hydrogen (secondary N) is 1. The van der Waals surface area contributed by atoms with Crippen molar-refractivity contribution < 1.29 is 9.47 Å². The minimum absolute atomic E-state index is 0.698. The molecule has 2 aliphatic rings. The molecule has 2 saturated heterocycles. The summed E-state index contributed by atoms with van der Waals surface area (Å²) in [4.78, 5) is 9.45. The maximum Gasteiger partial charge on any atom is 0.183 e. The molecule has 0 spiro atoms. The van der Waals surface area contributed by atoms with Gasteiger partial charge in [-0.1, -0.05) is 0 Å². The molecule has 0 amide bonds. The van der Waals surface area contributed by atoms with Crippen LogP contribution in [0.1, 0.15) is 5.69 Å². The number of methoxy groups -OCH3 is 2. The molecule has 0 saturated carbocycles. The van der Waals surface area contributed by atoms with Gasteiger partial charge in [0.1, 0.15) is 5.69 Å². The van der Waals surface area contributed by atoms with Crippen molar-refractivity contribution in [2.45, 2.75) is 12.6 Å². The first-order chi connectivity index (χ1) is 10.3. The van der Waals surface area contributed by atoms with Gasteiger partial charge in [0.05, 0.1) is 14.2 Å². The van der Waals surface area contributed by atoms with E-state index < -0.39 is 0 Å². The molecule has 0 radical (unpaired) electrons. The number of ether oxygens (including phenoxy) is 2. The second-order valence-electron chi connectivity index (χ2n) is 5.63. The van der Waals surface area contributed by atoms with E-state index in [0.29, 0.717) is 6.04 Å². The molecule has 2 fully saturated rings. The summed E-state index contributed by atoms with van der Waals surface area (Å²) in [7, 11) is 3.33. The van der Waals surface area contributed by atoms with Crippen molar-refractivity contribution in [1.29, 1.82) is 0 Å². The summed E-state index contributed by atoms with van der Waals surface area (Å²) in [5, 5.41) is 3.40. The Bertz CT molecular complexity index is 471. The molecule has 1 N–H and O–H groups in total. The summed E-state index contributed by atoms with van der Waals surface area (Å²) in [6.07, 6.45) is 1.78. The number of nitrogens with zero attached hydrogens (tertiary/aromatic N) is 3. The predicted octanol–water partition coefficient (Wildman–Crippen LogP) is 0.188. The normalized spacial score (nSPS) is 21.0. The van der Waals surface area contributed by atoms with Gasteiger partial charge < -0.3 is 14.8 Å². The Morgan fingerprint density at radius 1 is 1.24 bits per heavy atom. The number of pyridine rings is 1. The second-order valence-corrected chi connectivity index (χ2v) is 5.63. The van der Waals surface area contributed by atoms with E-state index in [0.717, 1.165) is 49.9 Å². The average molecular weight is 292 g/mol. The molecular formula is C15H24N4O2. The van der Waals surface area contributed by atoms with Gasteiger partial charge in [-0.2, -0.15) is 0 Å². The third-order valence-corrected chi connectivity index (χ3v) is 4.35. The highest BCUT2D eigenvalue weighted by Gasteiger charge is 2.32. The molecule has 0 bridgehead atoms. The highest BCUT2D eigenvalue weighted by molar-refractivity contribution is 5.42. The molecule has 0 atom stereocenters. The third kappa shape index (κ3) is 3.12. The van der Waals surface area contributed by atoms with Gasteiger partial charge in [0.2, 0.25) is 0 Å². The SMILES string of the molecule is COc1ccnc(CN2CC(N3CCNCC3)C2)c1OC. The zero-order valence-electron chi connectivity index (χ0n) is 12.8. The Morgan fingerprint density at radius 2 is 2.00 bits per heavy atom. The number of aromatic nitrogens is 1. The van der Waals surface area contributed by atoms with Crippen LogP contribution in [0.3, 0.4) is 0 Å². The molecule has 0 aliphatic carbocycles. The summed E-state index contributed by atoms with van der Waals surface area (Å²) in [6, 6.07) is 2.53. The molecular weight excluding hydrogens is 268 g/mol. The van der Waals surface area contributed by atoms with Crippen molar-refractivity contribution in [1.82, 2.24) is 20.1 Å². The Hall–Kier alpha value is -1.37. The fourth-order valence-corrected chi connectivity index (χ4v) is 3.12. The van der Waals surface area contributed by atoms with Crippen LogP contribution in [0.4, 0.5) is 0 Å². The molecule has 2 aliphatic heterocycles. The molecule has 1 aromatic rings. The maximum atomic E-state index is 5.45. The summed E-state index contributed by atoms with van der Waals surface area (Å²) >= 11 is 0. The van der Waals surface area contributed by atoms with Crippen LogP contribution in [0.5, 0.6) is 11.5 Å². The Labute approximate surface area is 126 Å². The molecule has 6 nitrogen and oxygen atoms in total. The molecule has 0 unspecified atom stereocenters. The number of hydrogen-bond donors (Lipinski definition) is 1. The first-order valence-electron chi connectivity index (χ1n) is 7.55. The van der Waals surface area contributed by atoms with Crippen molar-refractivity contribution in [2.24, 2.45) is 0 Å². The second kappa shape index (κ2) is 6.60. The first-order valence-corrected chi connectivity index (χ1v) is 7.55. The lowest BCUT2D eigenvalue weighted by Gasteiger charge is -2.46. The van der Waals surface area contributed by atoms with Crippen molar-refractivity contribution in [3.8, 4) is 11.5 Å². The van der Waals surface area contributed by atoms with Gasteiger partial charge in [0.25, 0.3) is 0 Å². The van der Waals surface area contributed by atoms with E-state index in [-0.39, 0.29) is 0 Å². The van der Waals surface area contributed by atoms with Gasteiger partial charge in [-0.3, -0.25) is 14.8 Å². The molecule has 116 valence electrons. The zero-order chi connectivity index (χ0) is 14.7. The minimum Gasteiger partial charge on any atom is -0.493 e. The lowest BCUT2D eigenvalue weighted by molar-refractivity contribution is 0.0211. The van der Waals surface area contributed by atoms with E-state index in [1.54, 1.807) is 20.4 Å². The molecule has 3 heterocycles. The van der Waals surface area contributed by atoms with E-state index >= 15 is 0 Å². The van der Waals surface area contributed by atoms with Gasteiger partial charge in [-0.05, 0) is 0 Å². The van der Waals surface area contributed by atoms with Crippen LogP contribution in [-0.4, -0.2) is 74.3 Å². The van der Waals surface area contributed by atoms with Crippen LogP contribution >= 0.6 is 0 Å². The Morgan fingerprint density at radius 3 is 2.67 bits per heavy atom. The minimum atomic E-state index is 0.698. The Balaban J connectivity index is 1.56. The molecule has 0 aromatic carbocycles. The highest BCUT2D eigenvalue weighted by Crippen LogP contribution is 2.31. The first kappa shape index (κ1) is 14.6. The van der Waals surface area contributed by atoms with Gasteiger partial charge in [-0.25, -0.2) is 0 Å². The number of likely N-dealkylation sites (tertiary alicyclic amines) is 1. The highest BCUT2D eigenvalue weighted by atomic mass is 16.5. The molecule has 21 heavy (non-hydrogen) atoms.